The van der Waals surface area contributed by atoms with E-state index in [-0.39, 0.29) is 33.8 Å². The van der Waals surface area contributed by atoms with Gasteiger partial charge in [0, 0.05) is 18.0 Å². The fourth-order valence-corrected chi connectivity index (χ4v) is 3.59. The summed E-state index contributed by atoms with van der Waals surface area (Å²) in [7, 11) is -3.78. The lowest BCUT2D eigenvalue weighted by Gasteiger charge is -2.15. The molecule has 0 amide bonds. The van der Waals surface area contributed by atoms with E-state index in [0.29, 0.717) is 5.56 Å². The van der Waals surface area contributed by atoms with E-state index in [1.54, 1.807) is 24.3 Å². The average molecular weight is 385 g/mol. The summed E-state index contributed by atoms with van der Waals surface area (Å²) in [6.45, 7) is 3.63. The van der Waals surface area contributed by atoms with Crippen molar-refractivity contribution in [2.45, 2.75) is 24.9 Å². The molecule has 0 spiro atoms. The van der Waals surface area contributed by atoms with Gasteiger partial charge in [-0.25, -0.2) is 23.1 Å². The monoisotopic (exact) mass is 385 g/mol. The third kappa shape index (κ3) is 3.59. The molecule has 0 aliphatic rings. The molecule has 3 aromatic rings. The van der Waals surface area contributed by atoms with Gasteiger partial charge >= 0.3 is 0 Å². The summed E-state index contributed by atoms with van der Waals surface area (Å²) in [5, 5.41) is 3.78. The van der Waals surface area contributed by atoms with Crippen molar-refractivity contribution in [1.82, 2.24) is 19.7 Å². The molecule has 2 N–H and O–H groups in total. The summed E-state index contributed by atoms with van der Waals surface area (Å²) >= 11 is 0. The molecule has 0 unspecified atom stereocenters. The topological polar surface area (TPSA) is 121 Å². The van der Waals surface area contributed by atoms with Gasteiger partial charge in [-0.15, -0.1) is 0 Å². The van der Waals surface area contributed by atoms with E-state index < -0.39 is 15.4 Å². The van der Waals surface area contributed by atoms with Crippen LogP contribution in [-0.2, 0) is 9.84 Å². The van der Waals surface area contributed by atoms with E-state index in [1.807, 2.05) is 19.9 Å². The standard InChI is InChI=1S/C18H19N5O3S/c1-11(2)23-17(24)13(9-10-20-23)14-15(12-7-5-4-6-8-12)21-18(19)22-16(14)27(3,25)26/h4-11H,1-3H3,(H2,19,21,22). The van der Waals surface area contributed by atoms with Gasteiger partial charge in [0.1, 0.15) is 0 Å². The SMILES string of the molecule is CC(C)n1nccc(-c2c(-c3ccccc3)nc(N)nc2S(C)(=O)=O)c1=O. The van der Waals surface area contributed by atoms with Crippen molar-refractivity contribution < 1.29 is 8.42 Å². The molecular formula is C18H19N5O3S. The molecule has 0 aliphatic carbocycles. The second-order valence-electron chi connectivity index (χ2n) is 6.34. The zero-order valence-corrected chi connectivity index (χ0v) is 15.9. The Hall–Kier alpha value is -3.07. The lowest BCUT2D eigenvalue weighted by molar-refractivity contribution is 0.503. The molecule has 140 valence electrons. The van der Waals surface area contributed by atoms with Crippen molar-refractivity contribution >= 4 is 15.8 Å². The van der Waals surface area contributed by atoms with E-state index in [1.165, 1.54) is 16.9 Å². The summed E-state index contributed by atoms with van der Waals surface area (Å²) in [6.07, 6.45) is 2.48. The van der Waals surface area contributed by atoms with Gasteiger partial charge in [0.15, 0.2) is 14.9 Å². The van der Waals surface area contributed by atoms with Gasteiger partial charge in [-0.3, -0.25) is 4.79 Å². The lowest BCUT2D eigenvalue weighted by atomic mass is 10.0. The molecule has 2 heterocycles. The van der Waals surface area contributed by atoms with Crippen LogP contribution < -0.4 is 11.3 Å². The highest BCUT2D eigenvalue weighted by atomic mass is 32.2. The maximum atomic E-state index is 13.0. The summed E-state index contributed by atoms with van der Waals surface area (Å²) in [5.41, 5.74) is 6.53. The first kappa shape index (κ1) is 18.7. The Morgan fingerprint density at radius 1 is 1.07 bits per heavy atom. The van der Waals surface area contributed by atoms with Gasteiger partial charge in [0.25, 0.3) is 5.56 Å². The molecule has 1 aromatic carbocycles. The molecule has 0 fully saturated rings. The Kier molecular flexibility index (Phi) is 4.79. The summed E-state index contributed by atoms with van der Waals surface area (Å²) in [6, 6.07) is 10.2. The predicted molar refractivity (Wildman–Crippen MR) is 103 cm³/mol. The number of anilines is 1. The molecule has 8 nitrogen and oxygen atoms in total. The quantitative estimate of drug-likeness (QED) is 0.681. The van der Waals surface area contributed by atoms with Crippen LogP contribution in [0.1, 0.15) is 19.9 Å². The van der Waals surface area contributed by atoms with Crippen molar-refractivity contribution in [3.63, 3.8) is 0 Å². The normalized spacial score (nSPS) is 11.7. The molecule has 0 saturated carbocycles. The third-order valence-electron chi connectivity index (χ3n) is 3.92. The van der Waals surface area contributed by atoms with Gasteiger partial charge in [-0.1, -0.05) is 30.3 Å². The highest BCUT2D eigenvalue weighted by Gasteiger charge is 2.26. The van der Waals surface area contributed by atoms with Gasteiger partial charge in [0.05, 0.1) is 22.9 Å². The van der Waals surface area contributed by atoms with E-state index in [0.717, 1.165) is 6.26 Å². The van der Waals surface area contributed by atoms with Gasteiger partial charge in [-0.2, -0.15) is 5.10 Å². The molecule has 9 heteroatoms. The van der Waals surface area contributed by atoms with Crippen molar-refractivity contribution in [2.75, 3.05) is 12.0 Å². The summed E-state index contributed by atoms with van der Waals surface area (Å²) in [5.74, 6) is -0.184. The molecule has 0 atom stereocenters. The summed E-state index contributed by atoms with van der Waals surface area (Å²) in [4.78, 5) is 21.2. The van der Waals surface area contributed by atoms with Crippen LogP contribution in [0, 0.1) is 0 Å². The predicted octanol–water partition coefficient (Wildman–Crippen LogP) is 1.93. The number of aromatic nitrogens is 4. The van der Waals surface area contributed by atoms with Crippen LogP contribution in [0.5, 0.6) is 0 Å². The summed E-state index contributed by atoms with van der Waals surface area (Å²) < 4.78 is 26.1. The number of hydrogen-bond acceptors (Lipinski definition) is 7. The van der Waals surface area contributed by atoms with Crippen molar-refractivity contribution in [2.24, 2.45) is 0 Å². The van der Waals surface area contributed by atoms with Crippen LogP contribution in [0.3, 0.4) is 0 Å². The number of nitrogens with two attached hydrogens (primary N) is 1. The highest BCUT2D eigenvalue weighted by Crippen LogP contribution is 2.34. The van der Waals surface area contributed by atoms with E-state index >= 15 is 0 Å². The fourth-order valence-electron chi connectivity index (χ4n) is 2.76. The molecule has 0 saturated heterocycles. The van der Waals surface area contributed by atoms with Crippen LogP contribution in [0.2, 0.25) is 0 Å². The second-order valence-corrected chi connectivity index (χ2v) is 8.27. The Morgan fingerprint density at radius 3 is 2.33 bits per heavy atom. The first-order valence-electron chi connectivity index (χ1n) is 8.21. The molecule has 0 aliphatic heterocycles. The van der Waals surface area contributed by atoms with Crippen molar-refractivity contribution in [3.05, 3.63) is 52.9 Å². The van der Waals surface area contributed by atoms with Crippen molar-refractivity contribution in [3.8, 4) is 22.4 Å². The molecule has 3 rings (SSSR count). The lowest BCUT2D eigenvalue weighted by Crippen LogP contribution is -2.26. The van der Waals surface area contributed by atoms with Crippen LogP contribution in [-0.4, -0.2) is 34.4 Å². The number of sulfone groups is 1. The van der Waals surface area contributed by atoms with Crippen LogP contribution in [0.4, 0.5) is 5.95 Å². The van der Waals surface area contributed by atoms with E-state index in [2.05, 4.69) is 15.1 Å². The Morgan fingerprint density at radius 2 is 1.74 bits per heavy atom. The van der Waals surface area contributed by atoms with Crippen LogP contribution in [0.25, 0.3) is 22.4 Å². The zero-order valence-electron chi connectivity index (χ0n) is 15.1. The average Bonchev–Trinajstić information content (AvgIpc) is 2.61. The number of hydrogen-bond donors (Lipinski definition) is 1. The first-order valence-corrected chi connectivity index (χ1v) is 10.1. The minimum atomic E-state index is -3.78. The Labute approximate surface area is 156 Å². The van der Waals surface area contributed by atoms with Crippen molar-refractivity contribution in [1.29, 1.82) is 0 Å². The zero-order chi connectivity index (χ0) is 19.8. The molecule has 0 radical (unpaired) electrons. The minimum Gasteiger partial charge on any atom is -0.368 e. The Balaban J connectivity index is 2.49. The fraction of sp³-hybridized carbons (Fsp3) is 0.222. The third-order valence-corrected chi connectivity index (χ3v) is 4.92. The minimum absolute atomic E-state index is 0.125. The first-order chi connectivity index (χ1) is 12.7. The van der Waals surface area contributed by atoms with Gasteiger partial charge in [0.2, 0.25) is 5.95 Å². The molecule has 27 heavy (non-hydrogen) atoms. The van der Waals surface area contributed by atoms with E-state index in [4.69, 9.17) is 5.73 Å². The number of benzene rings is 1. The van der Waals surface area contributed by atoms with Gasteiger partial charge < -0.3 is 5.73 Å². The largest absolute Gasteiger partial charge is 0.368 e. The maximum Gasteiger partial charge on any atom is 0.275 e. The maximum absolute atomic E-state index is 13.0. The van der Waals surface area contributed by atoms with Crippen LogP contribution >= 0.6 is 0 Å². The van der Waals surface area contributed by atoms with Crippen LogP contribution in [0.15, 0.2) is 52.4 Å². The number of rotatable bonds is 4. The smallest absolute Gasteiger partial charge is 0.275 e. The Bertz CT molecular complexity index is 1160. The highest BCUT2D eigenvalue weighted by molar-refractivity contribution is 7.90. The number of nitrogens with zero attached hydrogens (tertiary/aromatic N) is 4. The molecular weight excluding hydrogens is 366 g/mol. The van der Waals surface area contributed by atoms with Gasteiger partial charge in [-0.05, 0) is 19.9 Å². The second kappa shape index (κ2) is 6.92. The number of nitrogen functional groups attached to an aromatic ring is 1. The van der Waals surface area contributed by atoms with E-state index in [9.17, 15) is 13.2 Å². The molecule has 0 bridgehead atoms. The molecule has 2 aromatic heterocycles.